The fourth-order valence-electron chi connectivity index (χ4n) is 4.45. The number of benzene rings is 1. The minimum Gasteiger partial charge on any atom is -0.348 e. The van der Waals surface area contributed by atoms with Gasteiger partial charge in [0.25, 0.3) is 11.5 Å². The molecule has 4 rings (SSSR count). The van der Waals surface area contributed by atoms with Crippen molar-refractivity contribution in [3.8, 4) is 0 Å². The maximum absolute atomic E-state index is 12.7. The molecule has 0 radical (unpaired) electrons. The van der Waals surface area contributed by atoms with E-state index in [2.05, 4.69) is 10.6 Å². The molecule has 4 amide bonds. The molecule has 2 N–H and O–H groups in total. The van der Waals surface area contributed by atoms with Crippen LogP contribution in [0, 0.1) is 5.92 Å². The number of likely N-dealkylation sites (tertiary alicyclic amines) is 1. The van der Waals surface area contributed by atoms with Crippen LogP contribution >= 0.6 is 0 Å². The monoisotopic (exact) mass is 479 g/mol. The molecule has 3 heterocycles. The first kappa shape index (κ1) is 24.2. The van der Waals surface area contributed by atoms with Gasteiger partial charge in [-0.2, -0.15) is 0 Å². The largest absolute Gasteiger partial charge is 0.348 e. The Morgan fingerprint density at radius 1 is 1.00 bits per heavy atom. The van der Waals surface area contributed by atoms with Crippen LogP contribution in [0.4, 0.5) is 11.4 Å². The Morgan fingerprint density at radius 2 is 1.77 bits per heavy atom. The topological polar surface area (TPSA) is 121 Å². The lowest BCUT2D eigenvalue weighted by atomic mass is 9.96. The number of pyridine rings is 1. The van der Waals surface area contributed by atoms with Crippen molar-refractivity contribution < 1.29 is 19.2 Å². The number of carbonyl (C=O) groups is 4. The smallest absolute Gasteiger partial charge is 0.313 e. The number of hydrogen-bond acceptors (Lipinski definition) is 5. The first-order chi connectivity index (χ1) is 16.8. The van der Waals surface area contributed by atoms with Crippen molar-refractivity contribution in [1.82, 2.24) is 14.8 Å². The van der Waals surface area contributed by atoms with Crippen LogP contribution in [0.15, 0.2) is 47.4 Å². The molecule has 35 heavy (non-hydrogen) atoms. The molecular formula is C25H29N5O5. The average Bonchev–Trinajstić information content (AvgIpc) is 3.30. The molecular weight excluding hydrogens is 450 g/mol. The SMILES string of the molecule is Cn1cccc(C(=O)N2CCC(CNC(=O)C(=O)Nc3cccc(N4CCCC4=O)c3)CC2)c1=O. The van der Waals surface area contributed by atoms with Gasteiger partial charge < -0.3 is 25.0 Å². The van der Waals surface area contributed by atoms with Gasteiger partial charge in [0.05, 0.1) is 0 Å². The fourth-order valence-corrected chi connectivity index (χ4v) is 4.45. The Morgan fingerprint density at radius 3 is 2.49 bits per heavy atom. The molecule has 0 saturated carbocycles. The Balaban J connectivity index is 1.24. The van der Waals surface area contributed by atoms with E-state index in [1.807, 2.05) is 0 Å². The van der Waals surface area contributed by atoms with Crippen molar-refractivity contribution in [3.63, 3.8) is 0 Å². The highest BCUT2D eigenvalue weighted by molar-refractivity contribution is 6.39. The lowest BCUT2D eigenvalue weighted by Crippen LogP contribution is -2.44. The summed E-state index contributed by atoms with van der Waals surface area (Å²) in [5, 5.41) is 5.25. The second-order valence-electron chi connectivity index (χ2n) is 8.94. The summed E-state index contributed by atoms with van der Waals surface area (Å²) >= 11 is 0. The number of nitrogens with one attached hydrogen (secondary N) is 2. The predicted octanol–water partition coefficient (Wildman–Crippen LogP) is 1.12. The Hall–Kier alpha value is -3.95. The molecule has 2 aliphatic heterocycles. The molecule has 0 unspecified atom stereocenters. The summed E-state index contributed by atoms with van der Waals surface area (Å²) in [7, 11) is 1.61. The number of nitrogens with zero attached hydrogens (tertiary/aromatic N) is 3. The number of carbonyl (C=O) groups excluding carboxylic acids is 4. The third kappa shape index (κ3) is 5.59. The Kier molecular flexibility index (Phi) is 7.28. The van der Waals surface area contributed by atoms with Crippen molar-refractivity contribution in [2.75, 3.05) is 36.4 Å². The number of hydrogen-bond donors (Lipinski definition) is 2. The number of anilines is 2. The lowest BCUT2D eigenvalue weighted by molar-refractivity contribution is -0.136. The summed E-state index contributed by atoms with van der Waals surface area (Å²) < 4.78 is 1.38. The second-order valence-corrected chi connectivity index (χ2v) is 8.94. The van der Waals surface area contributed by atoms with Crippen molar-refractivity contribution in [3.05, 3.63) is 58.5 Å². The van der Waals surface area contributed by atoms with Crippen LogP contribution in [0.25, 0.3) is 0 Å². The predicted molar refractivity (Wildman–Crippen MR) is 130 cm³/mol. The van der Waals surface area contributed by atoms with Gasteiger partial charge in [0.1, 0.15) is 5.56 Å². The van der Waals surface area contributed by atoms with Crippen molar-refractivity contribution in [2.24, 2.45) is 13.0 Å². The zero-order chi connectivity index (χ0) is 24.9. The van der Waals surface area contributed by atoms with Crippen LogP contribution in [-0.4, -0.2) is 59.3 Å². The molecule has 2 fully saturated rings. The van der Waals surface area contributed by atoms with Gasteiger partial charge in [-0.05, 0) is 55.5 Å². The standard InChI is InChI=1S/C25H29N5O5/c1-28-11-3-7-20(24(28)34)25(35)29-13-9-17(10-14-29)16-26-22(32)23(33)27-18-5-2-6-19(15-18)30-12-4-8-21(30)31/h2-3,5-7,11,15,17H,4,8-10,12-14,16H2,1H3,(H,26,32)(H,27,33). The van der Waals surface area contributed by atoms with Crippen molar-refractivity contribution in [1.29, 1.82) is 0 Å². The second kappa shape index (κ2) is 10.5. The summed E-state index contributed by atoms with van der Waals surface area (Å²) in [6, 6.07) is 10.1. The number of aryl methyl sites for hydroxylation is 1. The summed E-state index contributed by atoms with van der Waals surface area (Å²) in [6.07, 6.45) is 4.24. The van der Waals surface area contributed by atoms with Gasteiger partial charge in [-0.25, -0.2) is 0 Å². The average molecular weight is 480 g/mol. The summed E-state index contributed by atoms with van der Waals surface area (Å²) in [4.78, 5) is 64.8. The van der Waals surface area contributed by atoms with E-state index < -0.39 is 11.8 Å². The Labute approximate surface area is 202 Å². The van der Waals surface area contributed by atoms with Crippen LogP contribution in [0.3, 0.4) is 0 Å². The Bertz CT molecular complexity index is 1200. The first-order valence-electron chi connectivity index (χ1n) is 11.8. The molecule has 2 aliphatic rings. The molecule has 184 valence electrons. The van der Waals surface area contributed by atoms with E-state index in [1.54, 1.807) is 53.4 Å². The van der Waals surface area contributed by atoms with Crippen molar-refractivity contribution in [2.45, 2.75) is 25.7 Å². The zero-order valence-electron chi connectivity index (χ0n) is 19.7. The molecule has 0 bridgehead atoms. The summed E-state index contributed by atoms with van der Waals surface area (Å²) in [5.74, 6) is -1.63. The number of piperidine rings is 1. The minimum absolute atomic E-state index is 0.0465. The van der Waals surface area contributed by atoms with E-state index in [0.717, 1.165) is 6.42 Å². The summed E-state index contributed by atoms with van der Waals surface area (Å²) in [5.41, 5.74) is 0.966. The quantitative estimate of drug-likeness (QED) is 0.623. The molecule has 10 nitrogen and oxygen atoms in total. The van der Waals surface area contributed by atoms with Gasteiger partial charge in [-0.15, -0.1) is 0 Å². The van der Waals surface area contributed by atoms with Crippen molar-refractivity contribution >= 4 is 35.0 Å². The molecule has 1 aromatic carbocycles. The maximum Gasteiger partial charge on any atom is 0.313 e. The van der Waals surface area contributed by atoms with E-state index >= 15 is 0 Å². The minimum atomic E-state index is -0.776. The van der Waals surface area contributed by atoms with Gasteiger partial charge in [0, 0.05) is 57.2 Å². The number of amides is 4. The van der Waals surface area contributed by atoms with Gasteiger partial charge in [0.15, 0.2) is 0 Å². The molecule has 10 heteroatoms. The van der Waals surface area contributed by atoms with Gasteiger partial charge in [0.2, 0.25) is 5.91 Å². The van der Waals surface area contributed by atoms with E-state index in [4.69, 9.17) is 0 Å². The fraction of sp³-hybridized carbons (Fsp3) is 0.400. The highest BCUT2D eigenvalue weighted by Crippen LogP contribution is 2.24. The molecule has 0 atom stereocenters. The molecule has 1 aromatic heterocycles. The highest BCUT2D eigenvalue weighted by Gasteiger charge is 2.26. The normalized spacial score (nSPS) is 16.3. The van der Waals surface area contributed by atoms with Gasteiger partial charge in [-0.3, -0.25) is 24.0 Å². The van der Waals surface area contributed by atoms with Gasteiger partial charge >= 0.3 is 11.8 Å². The first-order valence-corrected chi connectivity index (χ1v) is 11.8. The summed E-state index contributed by atoms with van der Waals surface area (Å²) in [6.45, 7) is 1.92. The maximum atomic E-state index is 12.7. The molecule has 2 saturated heterocycles. The van der Waals surface area contributed by atoms with Crippen LogP contribution < -0.4 is 21.1 Å². The highest BCUT2D eigenvalue weighted by atomic mass is 16.2. The van der Waals surface area contributed by atoms with E-state index in [9.17, 15) is 24.0 Å². The van der Waals surface area contributed by atoms with E-state index in [0.29, 0.717) is 56.8 Å². The number of aromatic nitrogens is 1. The van der Waals surface area contributed by atoms with Crippen LogP contribution in [0.2, 0.25) is 0 Å². The molecule has 0 spiro atoms. The van der Waals surface area contributed by atoms with Crippen LogP contribution in [-0.2, 0) is 21.4 Å². The van der Waals surface area contributed by atoms with Crippen LogP contribution in [0.1, 0.15) is 36.0 Å². The molecule has 2 aromatic rings. The zero-order valence-corrected chi connectivity index (χ0v) is 19.7. The van der Waals surface area contributed by atoms with E-state index in [1.165, 1.54) is 10.6 Å². The third-order valence-corrected chi connectivity index (χ3v) is 6.50. The lowest BCUT2D eigenvalue weighted by Gasteiger charge is -2.32. The molecule has 0 aliphatic carbocycles. The van der Waals surface area contributed by atoms with Crippen LogP contribution in [0.5, 0.6) is 0 Å². The number of rotatable bonds is 5. The van der Waals surface area contributed by atoms with Gasteiger partial charge in [-0.1, -0.05) is 6.07 Å². The third-order valence-electron chi connectivity index (χ3n) is 6.50. The van der Waals surface area contributed by atoms with E-state index in [-0.39, 0.29) is 28.9 Å².